The van der Waals surface area contributed by atoms with Gasteiger partial charge in [-0.25, -0.2) is 4.57 Å². The average molecular weight is 278 g/mol. The molecule has 0 fully saturated rings. The lowest BCUT2D eigenvalue weighted by Crippen LogP contribution is -2.31. The molecular weight excluding hydrogens is 262 g/mol. The summed E-state index contributed by atoms with van der Waals surface area (Å²) in [5, 5.41) is 2.94. The maximum Gasteiger partial charge on any atom is 0.335 e. The van der Waals surface area contributed by atoms with Gasteiger partial charge in [-0.2, -0.15) is 4.40 Å². The second kappa shape index (κ2) is 3.95. The van der Waals surface area contributed by atoms with E-state index in [2.05, 4.69) is 23.1 Å². The van der Waals surface area contributed by atoms with Gasteiger partial charge in [0.2, 0.25) is 0 Å². The van der Waals surface area contributed by atoms with Crippen molar-refractivity contribution in [1.82, 2.24) is 4.40 Å². The molecule has 0 spiro atoms. The summed E-state index contributed by atoms with van der Waals surface area (Å²) >= 11 is 0. The zero-order chi connectivity index (χ0) is 14.7. The maximum atomic E-state index is 12.8. The lowest BCUT2D eigenvalue weighted by atomic mass is 10.0. The summed E-state index contributed by atoms with van der Waals surface area (Å²) in [6, 6.07) is 10.2. The average Bonchev–Trinajstić information content (AvgIpc) is 2.86. The number of rotatable bonds is 1. The van der Waals surface area contributed by atoms with Gasteiger partial charge in [-0.05, 0) is 18.2 Å². The summed E-state index contributed by atoms with van der Waals surface area (Å²) in [6.45, 7) is 0. The first kappa shape index (κ1) is 12.1. The monoisotopic (exact) mass is 278 g/mol. The molecule has 2 aromatic heterocycles. The number of aryl methyl sites for hydroxylation is 1. The van der Waals surface area contributed by atoms with Crippen LogP contribution in [-0.4, -0.2) is 18.5 Å². The standard InChI is InChI=1S/C17H16N3O/c1-18(2)13-7-8-14-15-11(13)5-4-6-12(15)16(21)17-19(3)9-10-20(14)17/h4-10H,1-3H3/q+1. The Balaban J connectivity index is 2.39. The highest BCUT2D eigenvalue weighted by atomic mass is 16.1. The number of nitrogens with zero attached hydrogens (tertiary/aromatic N) is 3. The topological polar surface area (TPSA) is 28.6 Å². The van der Waals surface area contributed by atoms with Crippen LogP contribution in [0.15, 0.2) is 47.5 Å². The number of aromatic nitrogens is 2. The molecule has 2 aromatic carbocycles. The van der Waals surface area contributed by atoms with Gasteiger partial charge in [0.15, 0.2) is 0 Å². The number of benzene rings is 2. The van der Waals surface area contributed by atoms with Crippen molar-refractivity contribution in [2.45, 2.75) is 0 Å². The molecule has 0 N–H and O–H groups in total. The Morgan fingerprint density at radius 3 is 2.62 bits per heavy atom. The van der Waals surface area contributed by atoms with Gasteiger partial charge < -0.3 is 4.90 Å². The quantitative estimate of drug-likeness (QED) is 0.498. The Kier molecular flexibility index (Phi) is 2.28. The summed E-state index contributed by atoms with van der Waals surface area (Å²) in [6.07, 6.45) is 3.87. The molecule has 21 heavy (non-hydrogen) atoms. The van der Waals surface area contributed by atoms with Crippen molar-refractivity contribution >= 4 is 33.0 Å². The number of imidazole rings is 1. The molecule has 0 saturated heterocycles. The van der Waals surface area contributed by atoms with Crippen LogP contribution in [-0.2, 0) is 7.05 Å². The lowest BCUT2D eigenvalue weighted by Gasteiger charge is -2.16. The van der Waals surface area contributed by atoms with Crippen molar-refractivity contribution in [3.63, 3.8) is 0 Å². The first-order chi connectivity index (χ1) is 10.1. The summed E-state index contributed by atoms with van der Waals surface area (Å²) in [7, 11) is 5.95. The van der Waals surface area contributed by atoms with Gasteiger partial charge in [0, 0.05) is 35.9 Å². The Morgan fingerprint density at radius 1 is 1.10 bits per heavy atom. The molecule has 2 heterocycles. The minimum atomic E-state index is 0.0801. The van der Waals surface area contributed by atoms with Gasteiger partial charge in [-0.1, -0.05) is 12.1 Å². The van der Waals surface area contributed by atoms with E-state index in [0.717, 1.165) is 27.4 Å². The van der Waals surface area contributed by atoms with Crippen LogP contribution in [0.25, 0.3) is 27.3 Å². The fraction of sp³-hybridized carbons (Fsp3) is 0.176. The highest BCUT2D eigenvalue weighted by Crippen LogP contribution is 2.32. The SMILES string of the molecule is CN(C)c1ccc2c3c1cccc3c(=O)c1n2cc[n+]1C. The van der Waals surface area contributed by atoms with Crippen molar-refractivity contribution in [2.24, 2.45) is 7.05 Å². The molecule has 0 bridgehead atoms. The van der Waals surface area contributed by atoms with Gasteiger partial charge in [0.25, 0.3) is 5.43 Å². The van der Waals surface area contributed by atoms with Gasteiger partial charge in [-0.15, -0.1) is 0 Å². The summed E-state index contributed by atoms with van der Waals surface area (Å²) in [5.74, 6) is 0. The number of pyridine rings is 1. The molecule has 4 nitrogen and oxygen atoms in total. The van der Waals surface area contributed by atoms with E-state index in [9.17, 15) is 4.79 Å². The number of hydrogen-bond acceptors (Lipinski definition) is 2. The van der Waals surface area contributed by atoms with Crippen LogP contribution >= 0.6 is 0 Å². The van der Waals surface area contributed by atoms with Crippen LogP contribution in [0.5, 0.6) is 0 Å². The molecule has 0 radical (unpaired) electrons. The first-order valence-electron chi connectivity index (χ1n) is 6.94. The van der Waals surface area contributed by atoms with Crippen molar-refractivity contribution in [3.8, 4) is 0 Å². The van der Waals surface area contributed by atoms with Gasteiger partial charge in [-0.3, -0.25) is 4.79 Å². The molecule has 0 unspecified atom stereocenters. The Morgan fingerprint density at radius 2 is 1.86 bits per heavy atom. The summed E-state index contributed by atoms with van der Waals surface area (Å²) in [4.78, 5) is 14.9. The highest BCUT2D eigenvalue weighted by molar-refractivity contribution is 6.14. The smallest absolute Gasteiger partial charge is 0.335 e. The molecule has 4 aromatic rings. The molecular formula is C17H16N3O+. The number of fused-ring (bicyclic) bond motifs is 2. The van der Waals surface area contributed by atoms with Crippen LogP contribution < -0.4 is 14.9 Å². The maximum absolute atomic E-state index is 12.8. The summed E-state index contributed by atoms with van der Waals surface area (Å²) < 4.78 is 3.86. The zero-order valence-electron chi connectivity index (χ0n) is 12.3. The van der Waals surface area contributed by atoms with Crippen LogP contribution in [0, 0.1) is 0 Å². The third-order valence-electron chi connectivity index (χ3n) is 4.19. The second-order valence-electron chi connectivity index (χ2n) is 5.66. The molecule has 4 rings (SSSR count). The van der Waals surface area contributed by atoms with Crippen LogP contribution in [0.4, 0.5) is 5.69 Å². The third kappa shape index (κ3) is 1.44. The van der Waals surface area contributed by atoms with Gasteiger partial charge >= 0.3 is 5.65 Å². The van der Waals surface area contributed by atoms with E-state index >= 15 is 0 Å². The summed E-state index contributed by atoms with van der Waals surface area (Å²) in [5.41, 5.74) is 2.98. The van der Waals surface area contributed by atoms with Crippen molar-refractivity contribution in [1.29, 1.82) is 0 Å². The molecule has 0 aliphatic carbocycles. The molecule has 0 saturated carbocycles. The van der Waals surface area contributed by atoms with E-state index in [4.69, 9.17) is 0 Å². The highest BCUT2D eigenvalue weighted by Gasteiger charge is 2.20. The predicted molar refractivity (Wildman–Crippen MR) is 85.4 cm³/mol. The Bertz CT molecular complexity index is 1050. The fourth-order valence-electron chi connectivity index (χ4n) is 3.21. The third-order valence-corrected chi connectivity index (χ3v) is 4.19. The zero-order valence-corrected chi connectivity index (χ0v) is 12.3. The predicted octanol–water partition coefficient (Wildman–Crippen LogP) is 1.93. The molecule has 0 aliphatic heterocycles. The van der Waals surface area contributed by atoms with E-state index in [1.165, 1.54) is 0 Å². The largest absolute Gasteiger partial charge is 0.377 e. The van der Waals surface area contributed by atoms with E-state index in [1.54, 1.807) is 0 Å². The molecule has 0 atom stereocenters. The minimum Gasteiger partial charge on any atom is -0.377 e. The normalized spacial score (nSPS) is 11.8. The lowest BCUT2D eigenvalue weighted by molar-refractivity contribution is -0.644. The molecule has 104 valence electrons. The molecule has 4 heteroatoms. The van der Waals surface area contributed by atoms with Crippen LogP contribution in [0.3, 0.4) is 0 Å². The Hall–Kier alpha value is -2.62. The van der Waals surface area contributed by atoms with Crippen LogP contribution in [0.2, 0.25) is 0 Å². The van der Waals surface area contributed by atoms with E-state index in [1.807, 2.05) is 54.6 Å². The Labute approximate surface area is 121 Å². The first-order valence-corrected chi connectivity index (χ1v) is 6.94. The van der Waals surface area contributed by atoms with Crippen molar-refractivity contribution in [2.75, 3.05) is 19.0 Å². The van der Waals surface area contributed by atoms with Crippen LogP contribution in [0.1, 0.15) is 0 Å². The second-order valence-corrected chi connectivity index (χ2v) is 5.66. The molecule has 0 amide bonds. The minimum absolute atomic E-state index is 0.0801. The van der Waals surface area contributed by atoms with Gasteiger partial charge in [0.1, 0.15) is 17.9 Å². The van der Waals surface area contributed by atoms with Crippen molar-refractivity contribution in [3.05, 3.63) is 52.9 Å². The van der Waals surface area contributed by atoms with E-state index < -0.39 is 0 Å². The van der Waals surface area contributed by atoms with E-state index in [-0.39, 0.29) is 5.43 Å². The molecule has 0 aliphatic rings. The van der Waals surface area contributed by atoms with E-state index in [0.29, 0.717) is 5.65 Å². The van der Waals surface area contributed by atoms with Gasteiger partial charge in [0.05, 0.1) is 7.05 Å². The number of anilines is 1. The van der Waals surface area contributed by atoms with Crippen molar-refractivity contribution < 1.29 is 4.57 Å². The fourth-order valence-corrected chi connectivity index (χ4v) is 3.21. The number of hydrogen-bond donors (Lipinski definition) is 0.